The predicted octanol–water partition coefficient (Wildman–Crippen LogP) is 2.55. The van der Waals surface area contributed by atoms with Crippen molar-refractivity contribution in [2.75, 3.05) is 13.1 Å². The van der Waals surface area contributed by atoms with Gasteiger partial charge in [0.15, 0.2) is 0 Å². The third kappa shape index (κ3) is 4.19. The highest BCUT2D eigenvalue weighted by Crippen LogP contribution is 2.25. The molecule has 0 aliphatic carbocycles. The maximum atomic E-state index is 12.1. The summed E-state index contributed by atoms with van der Waals surface area (Å²) >= 11 is 0. The number of hydrogen-bond donors (Lipinski definition) is 1. The highest BCUT2D eigenvalue weighted by Gasteiger charge is 2.31. The number of rotatable bonds is 3. The van der Waals surface area contributed by atoms with Gasteiger partial charge in [0.2, 0.25) is 0 Å². The van der Waals surface area contributed by atoms with Gasteiger partial charge in [0.25, 0.3) is 0 Å². The van der Waals surface area contributed by atoms with E-state index in [0.717, 1.165) is 38.5 Å². The lowest BCUT2D eigenvalue weighted by Gasteiger charge is -2.12. The number of ether oxygens (including phenoxy) is 1. The van der Waals surface area contributed by atoms with Gasteiger partial charge >= 0.3 is 6.36 Å². The minimum Gasteiger partial charge on any atom is -0.404 e. The molecule has 1 fully saturated rings. The first-order valence-electron chi connectivity index (χ1n) is 7.36. The summed E-state index contributed by atoms with van der Waals surface area (Å²) < 4.78 is 42.0. The van der Waals surface area contributed by atoms with Gasteiger partial charge in [-0.05, 0) is 44.5 Å². The van der Waals surface area contributed by atoms with E-state index < -0.39 is 6.36 Å². The molecule has 0 saturated carbocycles. The summed E-state index contributed by atoms with van der Waals surface area (Å²) in [6, 6.07) is 2.92. The summed E-state index contributed by atoms with van der Waals surface area (Å²) in [7, 11) is 0. The van der Waals surface area contributed by atoms with Crippen molar-refractivity contribution in [2.45, 2.75) is 31.7 Å². The summed E-state index contributed by atoms with van der Waals surface area (Å²) in [5, 5.41) is 11.5. The normalized spacial score (nSPS) is 19.3. The molecule has 1 aliphatic heterocycles. The van der Waals surface area contributed by atoms with Crippen LogP contribution in [0.5, 0.6) is 5.75 Å². The zero-order chi connectivity index (χ0) is 16.3. The van der Waals surface area contributed by atoms with Gasteiger partial charge in [0.05, 0.1) is 24.1 Å². The molecule has 9 heteroatoms. The van der Waals surface area contributed by atoms with Crippen LogP contribution in [-0.2, 0) is 0 Å². The predicted molar refractivity (Wildman–Crippen MR) is 75.7 cm³/mol. The number of hydrogen-bond acceptors (Lipinski definition) is 5. The summed E-state index contributed by atoms with van der Waals surface area (Å²) in [6.07, 6.45) is 1.14. The fraction of sp³-hybridized carbons (Fsp3) is 0.500. The number of halogens is 3. The Kier molecular flexibility index (Phi) is 4.46. The monoisotopic (exact) mass is 327 g/mol. The number of nitrogens with zero attached hydrogens (tertiary/aromatic N) is 4. The molecule has 0 aromatic carbocycles. The van der Waals surface area contributed by atoms with Gasteiger partial charge in [-0.1, -0.05) is 5.21 Å². The first-order valence-corrected chi connectivity index (χ1v) is 7.36. The van der Waals surface area contributed by atoms with Gasteiger partial charge in [-0.3, -0.25) is 4.98 Å². The molecule has 0 bridgehead atoms. The average molecular weight is 327 g/mol. The van der Waals surface area contributed by atoms with Crippen molar-refractivity contribution in [3.63, 3.8) is 0 Å². The summed E-state index contributed by atoms with van der Waals surface area (Å²) in [4.78, 5) is 3.96. The lowest BCUT2D eigenvalue weighted by molar-refractivity contribution is -0.274. The molecule has 0 spiro atoms. The van der Waals surface area contributed by atoms with Crippen molar-refractivity contribution in [1.82, 2.24) is 25.3 Å². The SMILES string of the molecule is FC(F)(F)Oc1ccc(-c2cn(C3CCCNCC3)nn2)nc1. The highest BCUT2D eigenvalue weighted by atomic mass is 19.4. The van der Waals surface area contributed by atoms with Gasteiger partial charge in [-0.15, -0.1) is 18.3 Å². The smallest absolute Gasteiger partial charge is 0.404 e. The molecule has 1 unspecified atom stereocenters. The van der Waals surface area contributed by atoms with E-state index in [1.54, 1.807) is 6.20 Å². The van der Waals surface area contributed by atoms with E-state index in [1.807, 2.05) is 4.68 Å². The molecule has 6 nitrogen and oxygen atoms in total. The van der Waals surface area contributed by atoms with Gasteiger partial charge in [0.1, 0.15) is 11.4 Å². The van der Waals surface area contributed by atoms with Crippen molar-refractivity contribution >= 4 is 0 Å². The Balaban J connectivity index is 1.72. The maximum absolute atomic E-state index is 12.1. The molecule has 2 aromatic rings. The van der Waals surface area contributed by atoms with Crippen LogP contribution in [0.15, 0.2) is 24.5 Å². The largest absolute Gasteiger partial charge is 0.573 e. The molecular weight excluding hydrogens is 311 g/mol. The molecule has 1 N–H and O–H groups in total. The molecule has 3 rings (SSSR count). The van der Waals surface area contributed by atoms with Crippen LogP contribution in [-0.4, -0.2) is 39.4 Å². The van der Waals surface area contributed by atoms with E-state index in [4.69, 9.17) is 0 Å². The van der Waals surface area contributed by atoms with Gasteiger partial charge < -0.3 is 10.1 Å². The molecule has 0 radical (unpaired) electrons. The maximum Gasteiger partial charge on any atom is 0.573 e. The van der Waals surface area contributed by atoms with Crippen LogP contribution in [0, 0.1) is 0 Å². The number of nitrogens with one attached hydrogen (secondary N) is 1. The Morgan fingerprint density at radius 3 is 2.78 bits per heavy atom. The lowest BCUT2D eigenvalue weighted by atomic mass is 10.1. The molecule has 124 valence electrons. The standard InChI is InChI=1S/C14H16F3N5O/c15-14(16,17)23-11-3-4-12(19-8-11)13-9-22(21-20-13)10-2-1-6-18-7-5-10/h3-4,8-10,18H,1-2,5-7H2. The van der Waals surface area contributed by atoms with E-state index in [0.29, 0.717) is 11.4 Å². The van der Waals surface area contributed by atoms with Crippen molar-refractivity contribution in [3.8, 4) is 17.1 Å². The van der Waals surface area contributed by atoms with E-state index in [2.05, 4.69) is 25.3 Å². The molecule has 0 amide bonds. The third-order valence-corrected chi connectivity index (χ3v) is 3.66. The lowest BCUT2D eigenvalue weighted by Crippen LogP contribution is -2.17. The summed E-state index contributed by atoms with van der Waals surface area (Å²) in [6.45, 7) is 1.93. The topological polar surface area (TPSA) is 64.9 Å². The third-order valence-electron chi connectivity index (χ3n) is 3.66. The second-order valence-electron chi connectivity index (χ2n) is 5.35. The number of aromatic nitrogens is 4. The average Bonchev–Trinajstić information content (AvgIpc) is 2.82. The molecule has 23 heavy (non-hydrogen) atoms. The fourth-order valence-corrected chi connectivity index (χ4v) is 2.56. The zero-order valence-electron chi connectivity index (χ0n) is 12.3. The van der Waals surface area contributed by atoms with Crippen molar-refractivity contribution in [2.24, 2.45) is 0 Å². The number of alkyl halides is 3. The van der Waals surface area contributed by atoms with Crippen molar-refractivity contribution in [1.29, 1.82) is 0 Å². The van der Waals surface area contributed by atoms with E-state index in [9.17, 15) is 13.2 Å². The van der Waals surface area contributed by atoms with E-state index in [1.165, 1.54) is 12.1 Å². The Morgan fingerprint density at radius 1 is 1.17 bits per heavy atom. The Bertz CT molecular complexity index is 633. The van der Waals surface area contributed by atoms with Crippen LogP contribution in [0.1, 0.15) is 25.3 Å². The van der Waals surface area contributed by atoms with Gasteiger partial charge in [-0.2, -0.15) is 0 Å². The molecule has 1 saturated heterocycles. The Hall–Kier alpha value is -2.16. The van der Waals surface area contributed by atoms with Crippen molar-refractivity contribution in [3.05, 3.63) is 24.5 Å². The van der Waals surface area contributed by atoms with E-state index >= 15 is 0 Å². The first kappa shape index (κ1) is 15.7. The quantitative estimate of drug-likeness (QED) is 0.938. The highest BCUT2D eigenvalue weighted by molar-refractivity contribution is 5.52. The Labute approximate surface area is 130 Å². The van der Waals surface area contributed by atoms with Crippen LogP contribution >= 0.6 is 0 Å². The minimum atomic E-state index is -4.72. The second kappa shape index (κ2) is 6.53. The molecule has 2 aromatic heterocycles. The molecule has 3 heterocycles. The minimum absolute atomic E-state index is 0.277. The molecule has 1 atom stereocenters. The Morgan fingerprint density at radius 2 is 2.04 bits per heavy atom. The van der Waals surface area contributed by atoms with Crippen molar-refractivity contribution < 1.29 is 17.9 Å². The molecule has 1 aliphatic rings. The van der Waals surface area contributed by atoms with Gasteiger partial charge in [0, 0.05) is 0 Å². The number of pyridine rings is 1. The van der Waals surface area contributed by atoms with Crippen LogP contribution in [0.4, 0.5) is 13.2 Å². The van der Waals surface area contributed by atoms with Gasteiger partial charge in [-0.25, -0.2) is 4.68 Å². The zero-order valence-corrected chi connectivity index (χ0v) is 12.3. The summed E-state index contributed by atoms with van der Waals surface area (Å²) in [5.41, 5.74) is 0.985. The van der Waals surface area contributed by atoms with Crippen LogP contribution in [0.3, 0.4) is 0 Å². The molecular formula is C14H16F3N5O. The van der Waals surface area contributed by atoms with Crippen LogP contribution < -0.4 is 10.1 Å². The second-order valence-corrected chi connectivity index (χ2v) is 5.35. The van der Waals surface area contributed by atoms with E-state index in [-0.39, 0.29) is 11.8 Å². The van der Waals surface area contributed by atoms with Crippen LogP contribution in [0.2, 0.25) is 0 Å². The summed E-state index contributed by atoms with van der Waals surface area (Å²) in [5.74, 6) is -0.358. The van der Waals surface area contributed by atoms with Crippen LogP contribution in [0.25, 0.3) is 11.4 Å². The first-order chi connectivity index (χ1) is 11.0. The fourth-order valence-electron chi connectivity index (χ4n) is 2.56.